The van der Waals surface area contributed by atoms with Gasteiger partial charge in [0.25, 0.3) is 5.91 Å². The lowest BCUT2D eigenvalue weighted by Gasteiger charge is -2.36. The van der Waals surface area contributed by atoms with E-state index in [9.17, 15) is 4.79 Å². The summed E-state index contributed by atoms with van der Waals surface area (Å²) in [5.74, 6) is 1.91. The second-order valence-electron chi connectivity index (χ2n) is 7.02. The molecule has 154 valence electrons. The highest BCUT2D eigenvalue weighted by molar-refractivity contribution is 6.32. The van der Waals surface area contributed by atoms with Crippen LogP contribution in [0.3, 0.4) is 0 Å². The monoisotopic (exact) mass is 416 g/mol. The molecular weight excluding hydrogens is 392 g/mol. The molecular formula is C22H25ClN2O4. The minimum Gasteiger partial charge on any atom is -0.492 e. The van der Waals surface area contributed by atoms with Crippen LogP contribution in [-0.4, -0.2) is 56.8 Å². The Bertz CT molecular complexity index is 881. The number of rotatable bonds is 4. The SMILES string of the molecule is CCOc1ccccc1N1CCN(C(=O)c2cc(Cl)c3c(c2)OCCCO3)CC1. The Balaban J connectivity index is 1.46. The Morgan fingerprint density at radius 2 is 1.86 bits per heavy atom. The summed E-state index contributed by atoms with van der Waals surface area (Å²) < 4.78 is 17.1. The molecule has 4 rings (SSSR count). The van der Waals surface area contributed by atoms with E-state index in [1.54, 1.807) is 12.1 Å². The zero-order chi connectivity index (χ0) is 20.2. The number of nitrogens with zero attached hydrogens (tertiary/aromatic N) is 2. The summed E-state index contributed by atoms with van der Waals surface area (Å²) >= 11 is 6.36. The van der Waals surface area contributed by atoms with Gasteiger partial charge >= 0.3 is 0 Å². The van der Waals surface area contributed by atoms with Crippen LogP contribution in [0.4, 0.5) is 5.69 Å². The molecule has 2 heterocycles. The Morgan fingerprint density at radius 1 is 1.10 bits per heavy atom. The van der Waals surface area contributed by atoms with E-state index in [0.717, 1.165) is 30.9 Å². The molecule has 0 aromatic heterocycles. The van der Waals surface area contributed by atoms with Crippen molar-refractivity contribution in [3.63, 3.8) is 0 Å². The normalized spacial score (nSPS) is 16.3. The smallest absolute Gasteiger partial charge is 0.254 e. The van der Waals surface area contributed by atoms with Gasteiger partial charge in [0.15, 0.2) is 11.5 Å². The maximum Gasteiger partial charge on any atom is 0.254 e. The fourth-order valence-corrected chi connectivity index (χ4v) is 3.95. The van der Waals surface area contributed by atoms with Crippen LogP contribution in [0.2, 0.25) is 5.02 Å². The summed E-state index contributed by atoms with van der Waals surface area (Å²) in [7, 11) is 0. The molecule has 0 atom stereocenters. The molecule has 0 saturated carbocycles. The number of piperazine rings is 1. The zero-order valence-corrected chi connectivity index (χ0v) is 17.3. The number of amides is 1. The number of anilines is 1. The number of para-hydroxylation sites is 2. The van der Waals surface area contributed by atoms with Gasteiger partial charge in [-0.3, -0.25) is 4.79 Å². The van der Waals surface area contributed by atoms with Gasteiger partial charge in [0.05, 0.1) is 30.5 Å². The highest BCUT2D eigenvalue weighted by Crippen LogP contribution is 2.38. The van der Waals surface area contributed by atoms with E-state index < -0.39 is 0 Å². The van der Waals surface area contributed by atoms with Crippen molar-refractivity contribution < 1.29 is 19.0 Å². The van der Waals surface area contributed by atoms with E-state index in [1.165, 1.54) is 0 Å². The van der Waals surface area contributed by atoms with Gasteiger partial charge in [-0.15, -0.1) is 0 Å². The van der Waals surface area contributed by atoms with Gasteiger partial charge in [-0.1, -0.05) is 23.7 Å². The molecule has 6 nitrogen and oxygen atoms in total. The van der Waals surface area contributed by atoms with E-state index in [-0.39, 0.29) is 5.91 Å². The first-order valence-electron chi connectivity index (χ1n) is 10.0. The molecule has 0 bridgehead atoms. The van der Waals surface area contributed by atoms with Crippen molar-refractivity contribution in [1.29, 1.82) is 0 Å². The number of ether oxygens (including phenoxy) is 3. The second kappa shape index (κ2) is 8.82. The third-order valence-electron chi connectivity index (χ3n) is 5.12. The maximum atomic E-state index is 13.1. The average molecular weight is 417 g/mol. The van der Waals surface area contributed by atoms with Crippen molar-refractivity contribution in [2.24, 2.45) is 0 Å². The fraction of sp³-hybridized carbons (Fsp3) is 0.409. The minimum absolute atomic E-state index is 0.0414. The zero-order valence-electron chi connectivity index (χ0n) is 16.5. The summed E-state index contributed by atoms with van der Waals surface area (Å²) in [5.41, 5.74) is 1.60. The van der Waals surface area contributed by atoms with Gasteiger partial charge in [0.1, 0.15) is 5.75 Å². The molecule has 0 aliphatic carbocycles. The molecule has 1 fully saturated rings. The van der Waals surface area contributed by atoms with Crippen LogP contribution in [0.1, 0.15) is 23.7 Å². The van der Waals surface area contributed by atoms with Crippen LogP contribution in [-0.2, 0) is 0 Å². The molecule has 2 aliphatic rings. The lowest BCUT2D eigenvalue weighted by atomic mass is 10.1. The van der Waals surface area contributed by atoms with Crippen molar-refractivity contribution in [3.8, 4) is 17.2 Å². The van der Waals surface area contributed by atoms with Crippen molar-refractivity contribution in [2.45, 2.75) is 13.3 Å². The summed E-state index contributed by atoms with van der Waals surface area (Å²) in [6.07, 6.45) is 0.791. The van der Waals surface area contributed by atoms with E-state index in [1.807, 2.05) is 30.0 Å². The van der Waals surface area contributed by atoms with Crippen LogP contribution in [0, 0.1) is 0 Å². The molecule has 7 heteroatoms. The first-order valence-corrected chi connectivity index (χ1v) is 10.4. The van der Waals surface area contributed by atoms with Crippen molar-refractivity contribution >= 4 is 23.2 Å². The molecule has 0 spiro atoms. The molecule has 2 aromatic carbocycles. The van der Waals surface area contributed by atoms with Gasteiger partial charge in [0, 0.05) is 38.2 Å². The summed E-state index contributed by atoms with van der Waals surface area (Å²) in [6, 6.07) is 11.4. The number of carbonyl (C=O) groups excluding carboxylic acids is 1. The van der Waals surface area contributed by atoms with Crippen LogP contribution >= 0.6 is 11.6 Å². The first-order chi connectivity index (χ1) is 14.2. The highest BCUT2D eigenvalue weighted by Gasteiger charge is 2.26. The Labute approximate surface area is 175 Å². The molecule has 0 N–H and O–H groups in total. The lowest BCUT2D eigenvalue weighted by molar-refractivity contribution is 0.0746. The first kappa shape index (κ1) is 19.7. The Hall–Kier alpha value is -2.60. The third-order valence-corrected chi connectivity index (χ3v) is 5.40. The molecule has 2 aromatic rings. The fourth-order valence-electron chi connectivity index (χ4n) is 3.68. The second-order valence-corrected chi connectivity index (χ2v) is 7.42. The Kier molecular flexibility index (Phi) is 6.00. The van der Waals surface area contributed by atoms with Gasteiger partial charge in [0.2, 0.25) is 0 Å². The van der Waals surface area contributed by atoms with E-state index in [4.69, 9.17) is 25.8 Å². The predicted molar refractivity (Wildman–Crippen MR) is 113 cm³/mol. The number of carbonyl (C=O) groups is 1. The lowest BCUT2D eigenvalue weighted by Crippen LogP contribution is -2.48. The number of benzene rings is 2. The quantitative estimate of drug-likeness (QED) is 0.757. The third kappa shape index (κ3) is 4.22. The van der Waals surface area contributed by atoms with Crippen molar-refractivity contribution in [1.82, 2.24) is 4.90 Å². The van der Waals surface area contributed by atoms with Crippen LogP contribution < -0.4 is 19.1 Å². The summed E-state index contributed by atoms with van der Waals surface area (Å²) in [6.45, 7) is 6.47. The van der Waals surface area contributed by atoms with Gasteiger partial charge < -0.3 is 24.0 Å². The Morgan fingerprint density at radius 3 is 2.66 bits per heavy atom. The summed E-state index contributed by atoms with van der Waals surface area (Å²) in [5, 5.41) is 0.414. The molecule has 29 heavy (non-hydrogen) atoms. The van der Waals surface area contributed by atoms with E-state index in [0.29, 0.717) is 55.0 Å². The topological polar surface area (TPSA) is 51.2 Å². The minimum atomic E-state index is -0.0414. The van der Waals surface area contributed by atoms with Gasteiger partial charge in [-0.05, 0) is 31.2 Å². The number of fused-ring (bicyclic) bond motifs is 1. The molecule has 0 unspecified atom stereocenters. The van der Waals surface area contributed by atoms with Gasteiger partial charge in [-0.2, -0.15) is 0 Å². The molecule has 0 radical (unpaired) electrons. The largest absolute Gasteiger partial charge is 0.492 e. The molecule has 1 amide bonds. The van der Waals surface area contributed by atoms with Crippen molar-refractivity contribution in [3.05, 3.63) is 47.0 Å². The molecule has 2 aliphatic heterocycles. The van der Waals surface area contributed by atoms with E-state index >= 15 is 0 Å². The van der Waals surface area contributed by atoms with Crippen LogP contribution in [0.5, 0.6) is 17.2 Å². The van der Waals surface area contributed by atoms with Crippen molar-refractivity contribution in [2.75, 3.05) is 50.9 Å². The van der Waals surface area contributed by atoms with Crippen LogP contribution in [0.25, 0.3) is 0 Å². The van der Waals surface area contributed by atoms with Gasteiger partial charge in [-0.25, -0.2) is 0 Å². The highest BCUT2D eigenvalue weighted by atomic mass is 35.5. The average Bonchev–Trinajstić information content (AvgIpc) is 3.00. The summed E-state index contributed by atoms with van der Waals surface area (Å²) in [4.78, 5) is 17.2. The number of halogens is 1. The number of hydrogen-bond acceptors (Lipinski definition) is 5. The van der Waals surface area contributed by atoms with E-state index in [2.05, 4.69) is 11.0 Å². The number of hydrogen-bond donors (Lipinski definition) is 0. The molecule has 1 saturated heterocycles. The standard InChI is InChI=1S/C22H25ClN2O4/c1-2-27-19-7-4-3-6-18(19)24-8-10-25(11-9-24)22(26)16-14-17(23)21-20(15-16)28-12-5-13-29-21/h3-4,6-7,14-15H,2,5,8-13H2,1H3. The predicted octanol–water partition coefficient (Wildman–Crippen LogP) is 3.86. The van der Waals surface area contributed by atoms with Crippen LogP contribution in [0.15, 0.2) is 36.4 Å². The maximum absolute atomic E-state index is 13.1.